The van der Waals surface area contributed by atoms with Crippen molar-refractivity contribution in [1.82, 2.24) is 20.0 Å². The SMILES string of the molecule is CC(=O)c1ccc(C(=O)N2CCC3(CCN(C(=O)Cc4n[nH]c(=O)c5ccccc45)C3)CC2)cc1. The number of carbonyl (C=O) groups excluding carboxylic acids is 3. The zero-order valence-electron chi connectivity index (χ0n) is 19.8. The van der Waals surface area contributed by atoms with Crippen molar-refractivity contribution in [2.45, 2.75) is 32.6 Å². The highest BCUT2D eigenvalue weighted by molar-refractivity contribution is 5.97. The molecule has 5 rings (SSSR count). The molecule has 3 aromatic rings. The number of amides is 2. The minimum Gasteiger partial charge on any atom is -0.342 e. The first kappa shape index (κ1) is 23.0. The first-order chi connectivity index (χ1) is 16.8. The molecule has 0 bridgehead atoms. The number of likely N-dealkylation sites (tertiary alicyclic amines) is 2. The van der Waals surface area contributed by atoms with E-state index in [0.29, 0.717) is 53.8 Å². The van der Waals surface area contributed by atoms with Gasteiger partial charge < -0.3 is 9.80 Å². The summed E-state index contributed by atoms with van der Waals surface area (Å²) in [6, 6.07) is 14.0. The lowest BCUT2D eigenvalue weighted by Gasteiger charge is -2.39. The average molecular weight is 473 g/mol. The van der Waals surface area contributed by atoms with Crippen LogP contribution < -0.4 is 5.56 Å². The van der Waals surface area contributed by atoms with Gasteiger partial charge in [-0.05, 0) is 49.8 Å². The zero-order chi connectivity index (χ0) is 24.6. The van der Waals surface area contributed by atoms with Gasteiger partial charge in [0.05, 0.1) is 17.5 Å². The summed E-state index contributed by atoms with van der Waals surface area (Å²) in [4.78, 5) is 53.3. The Hall–Kier alpha value is -3.81. The highest BCUT2D eigenvalue weighted by Gasteiger charge is 2.42. The molecule has 1 spiro atoms. The number of aromatic amines is 1. The largest absolute Gasteiger partial charge is 0.342 e. The van der Waals surface area contributed by atoms with Crippen LogP contribution in [-0.4, -0.2) is 63.8 Å². The molecule has 8 nitrogen and oxygen atoms in total. The van der Waals surface area contributed by atoms with Gasteiger partial charge in [-0.15, -0.1) is 0 Å². The number of rotatable bonds is 4. The molecule has 180 valence electrons. The zero-order valence-corrected chi connectivity index (χ0v) is 19.8. The number of fused-ring (bicyclic) bond motifs is 1. The maximum absolute atomic E-state index is 13.1. The van der Waals surface area contributed by atoms with Crippen molar-refractivity contribution >= 4 is 28.4 Å². The van der Waals surface area contributed by atoms with E-state index < -0.39 is 0 Å². The Morgan fingerprint density at radius 1 is 0.886 bits per heavy atom. The molecular formula is C27H28N4O4. The summed E-state index contributed by atoms with van der Waals surface area (Å²) in [5.74, 6) is -0.0266. The van der Waals surface area contributed by atoms with Gasteiger partial charge in [0, 0.05) is 42.7 Å². The predicted molar refractivity (Wildman–Crippen MR) is 131 cm³/mol. The first-order valence-electron chi connectivity index (χ1n) is 12.0. The number of ketones is 1. The second-order valence-electron chi connectivity index (χ2n) is 9.71. The van der Waals surface area contributed by atoms with E-state index in [1.807, 2.05) is 21.9 Å². The van der Waals surface area contributed by atoms with Crippen LogP contribution in [0.15, 0.2) is 53.3 Å². The number of H-pyrrole nitrogens is 1. The highest BCUT2D eigenvalue weighted by Crippen LogP contribution is 2.40. The van der Waals surface area contributed by atoms with Gasteiger partial charge in [0.2, 0.25) is 5.91 Å². The lowest BCUT2D eigenvalue weighted by Crippen LogP contribution is -2.44. The van der Waals surface area contributed by atoms with Crippen LogP contribution in [-0.2, 0) is 11.2 Å². The average Bonchev–Trinajstić information content (AvgIpc) is 3.29. The number of nitrogens with one attached hydrogen (secondary N) is 1. The minimum absolute atomic E-state index is 0.00986. The van der Waals surface area contributed by atoms with E-state index >= 15 is 0 Å². The Kier molecular flexibility index (Phi) is 5.96. The molecule has 0 aliphatic carbocycles. The van der Waals surface area contributed by atoms with Gasteiger partial charge >= 0.3 is 0 Å². The molecule has 0 unspecified atom stereocenters. The predicted octanol–water partition coefficient (Wildman–Crippen LogP) is 2.82. The van der Waals surface area contributed by atoms with Crippen LogP contribution >= 0.6 is 0 Å². The number of aromatic nitrogens is 2. The Morgan fingerprint density at radius 2 is 1.49 bits per heavy atom. The summed E-state index contributed by atoms with van der Waals surface area (Å²) < 4.78 is 0. The fourth-order valence-corrected chi connectivity index (χ4v) is 5.33. The summed E-state index contributed by atoms with van der Waals surface area (Å²) in [6.45, 7) is 4.20. The van der Waals surface area contributed by atoms with Crippen molar-refractivity contribution < 1.29 is 14.4 Å². The molecule has 2 saturated heterocycles. The maximum atomic E-state index is 13.1. The Bertz CT molecular complexity index is 1350. The lowest BCUT2D eigenvalue weighted by atomic mass is 9.77. The molecule has 1 aromatic heterocycles. The summed E-state index contributed by atoms with van der Waals surface area (Å²) in [7, 11) is 0. The Balaban J connectivity index is 1.20. The van der Waals surface area contributed by atoms with Crippen LogP contribution in [0.3, 0.4) is 0 Å². The summed E-state index contributed by atoms with van der Waals surface area (Å²) >= 11 is 0. The first-order valence-corrected chi connectivity index (χ1v) is 12.0. The van der Waals surface area contributed by atoms with Gasteiger partial charge in [0.25, 0.3) is 11.5 Å². The molecule has 0 atom stereocenters. The smallest absolute Gasteiger partial charge is 0.272 e. The van der Waals surface area contributed by atoms with Gasteiger partial charge in [0.1, 0.15) is 0 Å². The number of nitrogens with zero attached hydrogens (tertiary/aromatic N) is 3. The van der Waals surface area contributed by atoms with Crippen molar-refractivity contribution in [2.75, 3.05) is 26.2 Å². The fraction of sp³-hybridized carbons (Fsp3) is 0.370. The van der Waals surface area contributed by atoms with E-state index in [4.69, 9.17) is 0 Å². The molecule has 0 radical (unpaired) electrons. The maximum Gasteiger partial charge on any atom is 0.272 e. The van der Waals surface area contributed by atoms with Crippen LogP contribution in [0.2, 0.25) is 0 Å². The van der Waals surface area contributed by atoms with Gasteiger partial charge in [-0.2, -0.15) is 5.10 Å². The normalized spacial score (nSPS) is 17.2. The molecule has 1 N–H and O–H groups in total. The van der Waals surface area contributed by atoms with Gasteiger partial charge in [-0.3, -0.25) is 19.2 Å². The molecule has 8 heteroatoms. The lowest BCUT2D eigenvalue weighted by molar-refractivity contribution is -0.130. The molecular weight excluding hydrogens is 444 g/mol. The third-order valence-corrected chi connectivity index (χ3v) is 7.53. The summed E-state index contributed by atoms with van der Waals surface area (Å²) in [5.41, 5.74) is 1.55. The minimum atomic E-state index is -0.256. The molecule has 0 saturated carbocycles. The van der Waals surface area contributed by atoms with Crippen molar-refractivity contribution in [3.8, 4) is 0 Å². The summed E-state index contributed by atoms with van der Waals surface area (Å²) in [6.07, 6.45) is 2.78. The van der Waals surface area contributed by atoms with Crippen molar-refractivity contribution in [2.24, 2.45) is 5.41 Å². The monoisotopic (exact) mass is 472 g/mol. The molecule has 2 aliphatic rings. The number of piperidine rings is 1. The van der Waals surface area contributed by atoms with Crippen LogP contribution in [0.4, 0.5) is 0 Å². The standard InChI is InChI=1S/C27H28N4O4/c1-18(32)19-6-8-20(9-7-19)26(35)30-13-10-27(11-14-30)12-15-31(17-27)24(33)16-23-21-4-2-3-5-22(21)25(34)29-28-23/h2-9H,10-17H2,1H3,(H,29,34). The van der Waals surface area contributed by atoms with Crippen LogP contribution in [0.5, 0.6) is 0 Å². The molecule has 2 amide bonds. The van der Waals surface area contributed by atoms with Crippen molar-refractivity contribution in [1.29, 1.82) is 0 Å². The Morgan fingerprint density at radius 3 is 2.14 bits per heavy atom. The van der Waals surface area contributed by atoms with Gasteiger partial charge in [-0.25, -0.2) is 5.10 Å². The molecule has 35 heavy (non-hydrogen) atoms. The van der Waals surface area contributed by atoms with E-state index in [-0.39, 0.29) is 35.0 Å². The van der Waals surface area contributed by atoms with Crippen LogP contribution in [0.25, 0.3) is 10.8 Å². The fourth-order valence-electron chi connectivity index (χ4n) is 5.33. The van der Waals surface area contributed by atoms with E-state index in [1.165, 1.54) is 6.92 Å². The van der Waals surface area contributed by atoms with E-state index in [0.717, 1.165) is 19.3 Å². The third kappa shape index (κ3) is 4.48. The molecule has 3 heterocycles. The number of Topliss-reactive ketones (excluding diaryl/α,β-unsaturated/α-hetero) is 1. The molecule has 2 fully saturated rings. The van der Waals surface area contributed by atoms with Gasteiger partial charge in [0.15, 0.2) is 5.78 Å². The third-order valence-electron chi connectivity index (χ3n) is 7.53. The van der Waals surface area contributed by atoms with Crippen molar-refractivity contribution in [3.05, 3.63) is 75.7 Å². The molecule has 2 aromatic carbocycles. The number of hydrogen-bond donors (Lipinski definition) is 1. The van der Waals surface area contributed by atoms with E-state index in [1.54, 1.807) is 36.4 Å². The molecule has 2 aliphatic heterocycles. The topological polar surface area (TPSA) is 103 Å². The van der Waals surface area contributed by atoms with E-state index in [2.05, 4.69) is 10.2 Å². The number of carbonyl (C=O) groups is 3. The van der Waals surface area contributed by atoms with Gasteiger partial charge in [-0.1, -0.05) is 30.3 Å². The van der Waals surface area contributed by atoms with Crippen molar-refractivity contribution in [3.63, 3.8) is 0 Å². The van der Waals surface area contributed by atoms with E-state index in [9.17, 15) is 19.2 Å². The van der Waals surface area contributed by atoms with Crippen LogP contribution in [0, 0.1) is 5.41 Å². The quantitative estimate of drug-likeness (QED) is 0.588. The van der Waals surface area contributed by atoms with Crippen LogP contribution in [0.1, 0.15) is 52.6 Å². The second kappa shape index (κ2) is 9.09. The summed E-state index contributed by atoms with van der Waals surface area (Å²) in [5, 5.41) is 7.90. The second-order valence-corrected chi connectivity index (χ2v) is 9.71. The number of hydrogen-bond acceptors (Lipinski definition) is 5. The number of benzene rings is 2. The highest BCUT2D eigenvalue weighted by atomic mass is 16.2. The Labute approximate surface area is 202 Å².